The number of carbonyl (C=O) groups is 10. The van der Waals surface area contributed by atoms with Crippen molar-refractivity contribution in [3.05, 3.63) is 25.3 Å². The Morgan fingerprint density at radius 1 is 0.370 bits per heavy atom. The minimum Gasteiger partial charge on any atom is -0.756 e. The molecule has 0 saturated heterocycles. The summed E-state index contributed by atoms with van der Waals surface area (Å²) in [5.74, 6) is -4.43. The normalized spacial score (nSPS) is 16.0. The van der Waals surface area contributed by atoms with Gasteiger partial charge in [-0.3, -0.25) is 74.6 Å². The van der Waals surface area contributed by atoms with Gasteiger partial charge in [0, 0.05) is 81.6 Å². The number of phosphoric ester groups is 4. The van der Waals surface area contributed by atoms with Crippen LogP contribution in [0.2, 0.25) is 0 Å². The van der Waals surface area contributed by atoms with Crippen LogP contribution in [0.25, 0.3) is 0 Å². The Morgan fingerprint density at radius 3 is 0.793 bits per heavy atom. The molecule has 0 spiro atoms. The molecule has 0 rings (SSSR count). The third-order valence-corrected chi connectivity index (χ3v) is 14.9. The fraction of sp³-hybridized carbons (Fsp3) is 0.708. The van der Waals surface area contributed by atoms with Gasteiger partial charge in [0.15, 0.2) is 0 Å². The van der Waals surface area contributed by atoms with E-state index in [-0.39, 0.29) is 112 Å². The molecule has 8 unspecified atom stereocenters. The van der Waals surface area contributed by atoms with E-state index in [0.29, 0.717) is 0 Å². The van der Waals surface area contributed by atoms with Crippen LogP contribution in [-0.2, 0) is 121 Å². The molecule has 520 valence electrons. The molecular weight excluding hydrogens is 1340 g/mol. The van der Waals surface area contributed by atoms with Crippen LogP contribution in [0.1, 0.15) is 83.1 Å². The van der Waals surface area contributed by atoms with Crippen molar-refractivity contribution in [3.8, 4) is 0 Å². The monoisotopic (exact) mass is 1420 g/mol. The van der Waals surface area contributed by atoms with E-state index in [2.05, 4.69) is 64.7 Å². The number of urea groups is 2. The van der Waals surface area contributed by atoms with Gasteiger partial charge in [0.05, 0.1) is 90.2 Å². The maximum atomic E-state index is 13.1. The maximum Gasteiger partial charge on any atom is 1.00 e. The zero-order valence-corrected chi connectivity index (χ0v) is 61.7. The first-order valence-electron chi connectivity index (χ1n) is 27.1. The molecule has 0 aromatic carbocycles. The third-order valence-electron chi connectivity index (χ3n) is 10.1. The largest absolute Gasteiger partial charge is 1.00 e. The van der Waals surface area contributed by atoms with Crippen LogP contribution in [0, 0.1) is 0 Å². The molecule has 8 N–H and O–H groups in total. The smallest absolute Gasteiger partial charge is 0.756 e. The fourth-order valence-electron chi connectivity index (χ4n) is 6.28. The van der Waals surface area contributed by atoms with E-state index in [9.17, 15) is 76.0 Å². The Labute approximate surface area is 578 Å². The van der Waals surface area contributed by atoms with Gasteiger partial charge in [0.25, 0.3) is 15.6 Å². The summed E-state index contributed by atoms with van der Waals surface area (Å²) in [6, 6.07) is -5.25. The minimum absolute atomic E-state index is 0. The molecular formula is C48H86N8Na2O30P4. The average molecular weight is 1430 g/mol. The summed E-state index contributed by atoms with van der Waals surface area (Å²) in [5, 5.41) is 19.2. The van der Waals surface area contributed by atoms with E-state index < -0.39 is 179 Å². The van der Waals surface area contributed by atoms with E-state index in [1.165, 1.54) is 81.4 Å². The van der Waals surface area contributed by atoms with Crippen LogP contribution in [0.3, 0.4) is 0 Å². The van der Waals surface area contributed by atoms with E-state index in [1.54, 1.807) is 0 Å². The second-order valence-electron chi connectivity index (χ2n) is 18.3. The van der Waals surface area contributed by atoms with Crippen molar-refractivity contribution in [2.75, 3.05) is 92.2 Å². The SMILES string of the molecule is C=CCOP(=O)(OCCNC(=O)NCCOP(=O)(OCC=C)OC[C@H](NC(C)=O)[C@@H](C)OC(C)=O)OC[C@H](NC(C)=O)[C@@H](C)OC(C)=O.CC(=O)NC(COP(=O)([O-])OCCNC(=O)NCCOP(=O)([O-])OCC(NC(C)=O)C(C)OC(C)=O)C(C)OC(C)=O.[Na+].[Na+]. The first-order valence-corrected chi connectivity index (χ1v) is 32.9. The standard InChI is InChI=1S/C27H48N4O15P2.C21H40N4O15P2.2Na/c1-9-13-39-47(37,43-17-25(30-21(5)32)19(3)45-23(7)34)41-15-11-28-27(36)29-12-16-42-48(38,40-14-10-2)44-18-26(31-22(6)33)20(4)46-24(8)35;1-13(39-17(5)28)19(24-15(3)26)11-37-41(31,32)35-9-7-22-21(30)23-8-10-36-42(33,34)38-12-20(25-16(4)27)14(2)40-18(6)29;;/h9-10,19-20,25-26H,1-2,11-18H2,3-8H3,(H,30,32)(H,31,33)(H2,28,29,36);13-14,19-20H,7-12H2,1-6H3,(H,24,26)(H,25,27)(H,31,32)(H,33,34)(H2,22,23,30);;/q;;2*+1/p-2/t19-,20-,25+,26+,47?,48?;;;/m1.../s1. The molecule has 92 heavy (non-hydrogen) atoms. The van der Waals surface area contributed by atoms with Gasteiger partial charge < -0.3 is 89.4 Å². The molecule has 0 fully saturated rings. The summed E-state index contributed by atoms with van der Waals surface area (Å²) >= 11 is 0. The number of hydrogen-bond acceptors (Lipinski definition) is 30. The van der Waals surface area contributed by atoms with Gasteiger partial charge in [-0.15, -0.1) is 13.2 Å². The van der Waals surface area contributed by atoms with Gasteiger partial charge in [0.1, 0.15) is 24.4 Å². The third kappa shape index (κ3) is 51.5. The quantitative estimate of drug-likeness (QED) is 0.00703. The van der Waals surface area contributed by atoms with Crippen LogP contribution in [0.4, 0.5) is 9.59 Å². The molecule has 0 aliphatic carbocycles. The molecule has 0 aliphatic rings. The number of esters is 4. The number of phosphoric acid groups is 4. The van der Waals surface area contributed by atoms with Crippen molar-refractivity contribution in [3.63, 3.8) is 0 Å². The van der Waals surface area contributed by atoms with Crippen molar-refractivity contribution < 1.29 is 199 Å². The Balaban J connectivity index is -0.000000831. The van der Waals surface area contributed by atoms with Crippen LogP contribution < -0.4 is 111 Å². The summed E-state index contributed by atoms with van der Waals surface area (Å²) < 4.78 is 120. The van der Waals surface area contributed by atoms with E-state index in [1.807, 2.05) is 0 Å². The van der Waals surface area contributed by atoms with Gasteiger partial charge in [-0.05, 0) is 27.7 Å². The van der Waals surface area contributed by atoms with Crippen molar-refractivity contribution in [1.29, 1.82) is 0 Å². The molecule has 0 aromatic rings. The van der Waals surface area contributed by atoms with Crippen LogP contribution in [0.5, 0.6) is 0 Å². The van der Waals surface area contributed by atoms with Crippen molar-refractivity contribution in [1.82, 2.24) is 42.5 Å². The first-order chi connectivity index (χ1) is 41.8. The Bertz CT molecular complexity index is 2370. The van der Waals surface area contributed by atoms with Crippen LogP contribution >= 0.6 is 31.3 Å². The summed E-state index contributed by atoms with van der Waals surface area (Å²) in [5.41, 5.74) is 0. The van der Waals surface area contributed by atoms with Gasteiger partial charge in [-0.1, -0.05) is 12.2 Å². The summed E-state index contributed by atoms with van der Waals surface area (Å²) in [6.07, 6.45) is -0.869. The van der Waals surface area contributed by atoms with E-state index in [0.717, 1.165) is 13.8 Å². The molecule has 0 heterocycles. The average Bonchev–Trinajstić information content (AvgIpc) is 1.65. The fourth-order valence-corrected chi connectivity index (χ4v) is 10.1. The van der Waals surface area contributed by atoms with E-state index in [4.69, 9.17) is 55.1 Å². The van der Waals surface area contributed by atoms with Gasteiger partial charge in [0.2, 0.25) is 23.6 Å². The van der Waals surface area contributed by atoms with Crippen LogP contribution in [-0.4, -0.2) is 200 Å². The number of hydrogen-bond donors (Lipinski definition) is 8. The molecule has 0 bridgehead atoms. The predicted molar refractivity (Wildman–Crippen MR) is 308 cm³/mol. The van der Waals surface area contributed by atoms with Crippen molar-refractivity contribution >= 4 is 90.9 Å². The minimum atomic E-state index is -4.86. The number of nitrogens with one attached hydrogen (secondary N) is 8. The van der Waals surface area contributed by atoms with Gasteiger partial charge in [-0.25, -0.2) is 18.7 Å². The van der Waals surface area contributed by atoms with Crippen molar-refractivity contribution in [2.45, 2.75) is 132 Å². The predicted octanol–water partition coefficient (Wildman–Crippen LogP) is -5.90. The molecule has 0 radical (unpaired) electrons. The second-order valence-corrected chi connectivity index (χ2v) is 24.5. The molecule has 8 amide bonds. The Hall–Kier alpha value is -3.78. The molecule has 0 aromatic heterocycles. The van der Waals surface area contributed by atoms with Gasteiger partial charge >= 0.3 is 111 Å². The Morgan fingerprint density at radius 2 is 0.587 bits per heavy atom. The summed E-state index contributed by atoms with van der Waals surface area (Å²) in [6.45, 7) is 17.3. The molecule has 38 nitrogen and oxygen atoms in total. The number of carbonyl (C=O) groups excluding carboxylic acids is 10. The summed E-state index contributed by atoms with van der Waals surface area (Å²) in [4.78, 5) is 139. The second kappa shape index (κ2) is 51.5. The molecule has 0 aliphatic heterocycles. The van der Waals surface area contributed by atoms with Gasteiger partial charge in [-0.2, -0.15) is 0 Å². The maximum absolute atomic E-state index is 13.1. The zero-order valence-electron chi connectivity index (χ0n) is 54.1. The zero-order chi connectivity index (χ0) is 69.3. The number of ether oxygens (including phenoxy) is 4. The number of amides is 8. The summed E-state index contributed by atoms with van der Waals surface area (Å²) in [7, 11) is -18.2. The molecule has 0 saturated carbocycles. The Kier molecular flexibility index (Phi) is 53.0. The van der Waals surface area contributed by atoms with Crippen LogP contribution in [0.15, 0.2) is 25.3 Å². The van der Waals surface area contributed by atoms with E-state index >= 15 is 0 Å². The first kappa shape index (κ1) is 94.6. The topological polar surface area (TPSA) is 511 Å². The molecule has 12 atom stereocenters. The number of rotatable bonds is 46. The van der Waals surface area contributed by atoms with Crippen molar-refractivity contribution in [2.24, 2.45) is 0 Å². The molecule has 44 heteroatoms.